The van der Waals surface area contributed by atoms with E-state index in [1.165, 1.54) is 11.3 Å². The molecule has 2 amide bonds. The highest BCUT2D eigenvalue weighted by molar-refractivity contribution is 7.16. The van der Waals surface area contributed by atoms with E-state index in [1.807, 2.05) is 6.07 Å². The first-order valence-electron chi connectivity index (χ1n) is 6.63. The standard InChI is InChI=1S/C16H13N3O2S/c17-15(20)14(10-4-2-1-3-5-10)19-16(21)11-6-7-12-13(8-11)22-9-18-12/h1-9,14H,(H2,17,20)(H,19,21)/t14-/m0/s1. The number of primary amides is 1. The van der Waals surface area contributed by atoms with E-state index in [-0.39, 0.29) is 5.91 Å². The smallest absolute Gasteiger partial charge is 0.252 e. The average Bonchev–Trinajstić information content (AvgIpc) is 3.00. The largest absolute Gasteiger partial charge is 0.368 e. The maximum atomic E-state index is 12.4. The molecule has 1 atom stereocenters. The maximum Gasteiger partial charge on any atom is 0.252 e. The number of benzene rings is 2. The summed E-state index contributed by atoms with van der Waals surface area (Å²) >= 11 is 1.46. The van der Waals surface area contributed by atoms with Gasteiger partial charge in [0.25, 0.3) is 5.91 Å². The molecule has 0 saturated heterocycles. The van der Waals surface area contributed by atoms with E-state index >= 15 is 0 Å². The monoisotopic (exact) mass is 311 g/mol. The van der Waals surface area contributed by atoms with Gasteiger partial charge in [0, 0.05) is 5.56 Å². The van der Waals surface area contributed by atoms with Crippen molar-refractivity contribution in [1.82, 2.24) is 10.3 Å². The van der Waals surface area contributed by atoms with E-state index in [4.69, 9.17) is 5.73 Å². The number of rotatable bonds is 4. The number of carbonyl (C=O) groups is 2. The van der Waals surface area contributed by atoms with E-state index in [0.717, 1.165) is 10.2 Å². The summed E-state index contributed by atoms with van der Waals surface area (Å²) in [6, 6.07) is 13.3. The Morgan fingerprint density at radius 2 is 1.91 bits per heavy atom. The molecule has 22 heavy (non-hydrogen) atoms. The number of fused-ring (bicyclic) bond motifs is 1. The third-order valence-corrected chi connectivity index (χ3v) is 4.08. The van der Waals surface area contributed by atoms with Gasteiger partial charge in [-0.1, -0.05) is 30.3 Å². The minimum absolute atomic E-state index is 0.344. The van der Waals surface area contributed by atoms with Gasteiger partial charge >= 0.3 is 0 Å². The van der Waals surface area contributed by atoms with Crippen LogP contribution in [-0.4, -0.2) is 16.8 Å². The van der Waals surface area contributed by atoms with Crippen molar-refractivity contribution in [3.8, 4) is 0 Å². The van der Waals surface area contributed by atoms with Crippen molar-refractivity contribution in [3.63, 3.8) is 0 Å². The van der Waals surface area contributed by atoms with Crippen molar-refractivity contribution in [2.45, 2.75) is 6.04 Å². The van der Waals surface area contributed by atoms with Crippen molar-refractivity contribution in [3.05, 3.63) is 65.2 Å². The van der Waals surface area contributed by atoms with Crippen LogP contribution in [0.25, 0.3) is 10.2 Å². The van der Waals surface area contributed by atoms with Gasteiger partial charge in [0.05, 0.1) is 15.7 Å². The summed E-state index contributed by atoms with van der Waals surface area (Å²) in [6.45, 7) is 0. The fraction of sp³-hybridized carbons (Fsp3) is 0.0625. The second-order valence-corrected chi connectivity index (χ2v) is 5.64. The molecule has 110 valence electrons. The first-order valence-corrected chi connectivity index (χ1v) is 7.51. The van der Waals surface area contributed by atoms with Crippen LogP contribution in [0.5, 0.6) is 0 Å². The van der Waals surface area contributed by atoms with Gasteiger partial charge < -0.3 is 11.1 Å². The number of aromatic nitrogens is 1. The second-order valence-electron chi connectivity index (χ2n) is 4.75. The molecule has 3 aromatic rings. The zero-order valence-electron chi connectivity index (χ0n) is 11.5. The summed E-state index contributed by atoms with van der Waals surface area (Å²) in [5.74, 6) is -0.943. The first-order chi connectivity index (χ1) is 10.6. The molecule has 0 aliphatic heterocycles. The van der Waals surface area contributed by atoms with E-state index in [2.05, 4.69) is 10.3 Å². The molecular weight excluding hydrogens is 298 g/mol. The fourth-order valence-electron chi connectivity index (χ4n) is 2.17. The van der Waals surface area contributed by atoms with Crippen LogP contribution >= 0.6 is 11.3 Å². The molecule has 0 saturated carbocycles. The molecule has 5 nitrogen and oxygen atoms in total. The Labute approximate surface area is 130 Å². The summed E-state index contributed by atoms with van der Waals surface area (Å²) in [5, 5.41) is 2.68. The highest BCUT2D eigenvalue weighted by Gasteiger charge is 2.20. The van der Waals surface area contributed by atoms with E-state index in [9.17, 15) is 9.59 Å². The second kappa shape index (κ2) is 5.95. The minimum atomic E-state index is -0.856. The summed E-state index contributed by atoms with van der Waals surface area (Å²) in [7, 11) is 0. The molecule has 2 aromatic carbocycles. The number of nitrogens with one attached hydrogen (secondary N) is 1. The molecule has 0 fully saturated rings. The highest BCUT2D eigenvalue weighted by atomic mass is 32.1. The van der Waals surface area contributed by atoms with Crippen molar-refractivity contribution >= 4 is 33.4 Å². The Bertz CT molecular complexity index is 830. The number of thiazole rings is 1. The lowest BCUT2D eigenvalue weighted by atomic mass is 10.1. The molecule has 0 spiro atoms. The maximum absolute atomic E-state index is 12.4. The van der Waals surface area contributed by atoms with Gasteiger partial charge in [0.15, 0.2) is 0 Å². The quantitative estimate of drug-likeness (QED) is 0.775. The molecule has 3 N–H and O–H groups in total. The lowest BCUT2D eigenvalue weighted by Crippen LogP contribution is -2.37. The van der Waals surface area contributed by atoms with Gasteiger partial charge in [0.1, 0.15) is 6.04 Å². The highest BCUT2D eigenvalue weighted by Crippen LogP contribution is 2.20. The van der Waals surface area contributed by atoms with Crippen LogP contribution in [-0.2, 0) is 4.79 Å². The van der Waals surface area contributed by atoms with E-state index in [1.54, 1.807) is 48.0 Å². The molecule has 1 aromatic heterocycles. The van der Waals surface area contributed by atoms with Crippen LogP contribution in [0.1, 0.15) is 22.0 Å². The summed E-state index contributed by atoms with van der Waals surface area (Å²) < 4.78 is 0.919. The number of nitrogens with zero attached hydrogens (tertiary/aromatic N) is 1. The zero-order valence-corrected chi connectivity index (χ0v) is 12.3. The van der Waals surface area contributed by atoms with Crippen molar-refractivity contribution in [1.29, 1.82) is 0 Å². The molecule has 1 heterocycles. The summed E-state index contributed by atoms with van der Waals surface area (Å²) in [5.41, 5.74) is 9.10. The predicted octanol–water partition coefficient (Wildman–Crippen LogP) is 2.25. The first kappa shape index (κ1) is 14.2. The molecule has 6 heteroatoms. The van der Waals surface area contributed by atoms with Gasteiger partial charge in [-0.15, -0.1) is 11.3 Å². The number of hydrogen-bond acceptors (Lipinski definition) is 4. The van der Waals surface area contributed by atoms with E-state index in [0.29, 0.717) is 11.1 Å². The number of carbonyl (C=O) groups excluding carboxylic acids is 2. The predicted molar refractivity (Wildman–Crippen MR) is 85.5 cm³/mol. The molecule has 0 radical (unpaired) electrons. The Morgan fingerprint density at radius 3 is 2.64 bits per heavy atom. The van der Waals surface area contributed by atoms with Crippen LogP contribution in [0.4, 0.5) is 0 Å². The minimum Gasteiger partial charge on any atom is -0.368 e. The van der Waals surface area contributed by atoms with Crippen molar-refractivity contribution < 1.29 is 9.59 Å². The number of amides is 2. The molecule has 0 aliphatic rings. The Kier molecular flexibility index (Phi) is 3.84. The van der Waals surface area contributed by atoms with Crippen LogP contribution < -0.4 is 11.1 Å². The fourth-order valence-corrected chi connectivity index (χ4v) is 2.89. The zero-order chi connectivity index (χ0) is 15.5. The normalized spacial score (nSPS) is 12.0. The van der Waals surface area contributed by atoms with Gasteiger partial charge in [-0.05, 0) is 23.8 Å². The Hall–Kier alpha value is -2.73. The van der Waals surface area contributed by atoms with E-state index < -0.39 is 11.9 Å². The van der Waals surface area contributed by atoms with Gasteiger partial charge in [0.2, 0.25) is 5.91 Å². The molecule has 0 bridgehead atoms. The molecule has 3 rings (SSSR count). The van der Waals surface area contributed by atoms with Crippen molar-refractivity contribution in [2.24, 2.45) is 5.73 Å². The van der Waals surface area contributed by atoms with Gasteiger partial charge in [-0.3, -0.25) is 9.59 Å². The van der Waals surface area contributed by atoms with Crippen LogP contribution in [0.15, 0.2) is 54.0 Å². The van der Waals surface area contributed by atoms with Gasteiger partial charge in [-0.25, -0.2) is 4.98 Å². The Morgan fingerprint density at radius 1 is 1.14 bits per heavy atom. The number of hydrogen-bond donors (Lipinski definition) is 2. The molecule has 0 unspecified atom stereocenters. The van der Waals surface area contributed by atoms with Crippen LogP contribution in [0, 0.1) is 0 Å². The lowest BCUT2D eigenvalue weighted by molar-refractivity contribution is -0.120. The van der Waals surface area contributed by atoms with Crippen LogP contribution in [0.3, 0.4) is 0 Å². The third-order valence-electron chi connectivity index (χ3n) is 3.29. The average molecular weight is 311 g/mol. The molecular formula is C16H13N3O2S. The van der Waals surface area contributed by atoms with Crippen LogP contribution in [0.2, 0.25) is 0 Å². The van der Waals surface area contributed by atoms with Gasteiger partial charge in [-0.2, -0.15) is 0 Å². The van der Waals surface area contributed by atoms with Crippen molar-refractivity contribution in [2.75, 3.05) is 0 Å². The summed E-state index contributed by atoms with van der Waals surface area (Å²) in [6.07, 6.45) is 0. The number of nitrogens with two attached hydrogens (primary N) is 1. The SMILES string of the molecule is NC(=O)[C@@H](NC(=O)c1ccc2ncsc2c1)c1ccccc1. The summed E-state index contributed by atoms with van der Waals surface area (Å²) in [4.78, 5) is 28.2. The third kappa shape index (κ3) is 2.82. The Balaban J connectivity index is 1.86. The molecule has 0 aliphatic carbocycles. The topological polar surface area (TPSA) is 85.1 Å². The lowest BCUT2D eigenvalue weighted by Gasteiger charge is -2.15.